The summed E-state index contributed by atoms with van der Waals surface area (Å²) in [5.74, 6) is -1.63. The van der Waals surface area contributed by atoms with E-state index in [1.807, 2.05) is 17.0 Å². The fourth-order valence-electron chi connectivity index (χ4n) is 2.54. The van der Waals surface area contributed by atoms with Gasteiger partial charge in [0.25, 0.3) is 0 Å². The van der Waals surface area contributed by atoms with E-state index < -0.39 is 11.9 Å². The molecule has 10 nitrogen and oxygen atoms in total. The predicted molar refractivity (Wildman–Crippen MR) is 103 cm³/mol. The number of rotatable bonds is 5. The molecule has 1 saturated heterocycles. The number of nitrogens with zero attached hydrogens (tertiary/aromatic N) is 5. The van der Waals surface area contributed by atoms with Gasteiger partial charge in [-0.1, -0.05) is 6.07 Å². The number of carbonyl (C=O) groups is 3. The Morgan fingerprint density at radius 1 is 0.931 bits per heavy atom. The Morgan fingerprint density at radius 3 is 2.07 bits per heavy atom. The van der Waals surface area contributed by atoms with E-state index in [1.54, 1.807) is 30.9 Å². The lowest BCUT2D eigenvalue weighted by molar-refractivity contribution is -0.134. The van der Waals surface area contributed by atoms with Crippen LogP contribution in [0.25, 0.3) is 0 Å². The fraction of sp³-hybridized carbons (Fsp3) is 0.263. The SMILES string of the molecule is O=C(Cc1cccnc1)N1CCN(c2ncccn2)CC1.O=C(O)/C=C\C(=O)O. The second-order valence-corrected chi connectivity index (χ2v) is 5.96. The van der Waals surface area contributed by atoms with Gasteiger partial charge >= 0.3 is 11.9 Å². The zero-order chi connectivity index (χ0) is 21.1. The quantitative estimate of drug-likeness (QED) is 0.688. The maximum atomic E-state index is 12.3. The Kier molecular flexibility index (Phi) is 8.24. The summed E-state index contributed by atoms with van der Waals surface area (Å²) in [5.41, 5.74) is 0.955. The highest BCUT2D eigenvalue weighted by atomic mass is 16.4. The summed E-state index contributed by atoms with van der Waals surface area (Å²) in [4.78, 5) is 47.9. The highest BCUT2D eigenvalue weighted by Crippen LogP contribution is 2.11. The van der Waals surface area contributed by atoms with E-state index in [2.05, 4.69) is 19.9 Å². The van der Waals surface area contributed by atoms with Crippen molar-refractivity contribution in [2.75, 3.05) is 31.1 Å². The van der Waals surface area contributed by atoms with Gasteiger partial charge in [0.2, 0.25) is 11.9 Å². The predicted octanol–water partition coefficient (Wildman–Crippen LogP) is 0.475. The molecule has 2 aromatic rings. The number of piperazine rings is 1. The van der Waals surface area contributed by atoms with Gasteiger partial charge in [0.1, 0.15) is 0 Å². The van der Waals surface area contributed by atoms with Crippen molar-refractivity contribution >= 4 is 23.8 Å². The molecule has 1 aliphatic rings. The normalized spacial score (nSPS) is 13.5. The molecule has 0 unspecified atom stereocenters. The molecule has 0 spiro atoms. The molecule has 1 fully saturated rings. The van der Waals surface area contributed by atoms with Crippen molar-refractivity contribution in [3.8, 4) is 0 Å². The molecule has 29 heavy (non-hydrogen) atoms. The molecule has 1 aliphatic heterocycles. The Hall–Kier alpha value is -3.82. The van der Waals surface area contributed by atoms with Gasteiger partial charge in [-0.2, -0.15) is 0 Å². The molecule has 3 heterocycles. The van der Waals surface area contributed by atoms with Crippen molar-refractivity contribution in [3.63, 3.8) is 0 Å². The Morgan fingerprint density at radius 2 is 1.55 bits per heavy atom. The average molecular weight is 399 g/mol. The lowest BCUT2D eigenvalue weighted by Gasteiger charge is -2.34. The van der Waals surface area contributed by atoms with Crippen LogP contribution in [-0.2, 0) is 20.8 Å². The number of anilines is 1. The minimum Gasteiger partial charge on any atom is -0.478 e. The monoisotopic (exact) mass is 399 g/mol. The standard InChI is InChI=1S/C15H17N5O.C4H4O4/c21-14(11-13-3-1-4-16-12-13)19-7-9-20(10-8-19)15-17-5-2-6-18-15;5-3(6)1-2-4(7)8/h1-6,12H,7-11H2;1-2H,(H,5,6)(H,7,8)/b;2-1-. The van der Waals surface area contributed by atoms with Crippen LogP contribution in [-0.4, -0.2) is 74.1 Å². The number of aromatic nitrogens is 3. The fourth-order valence-corrected chi connectivity index (χ4v) is 2.54. The molecule has 0 aliphatic carbocycles. The van der Waals surface area contributed by atoms with E-state index in [1.165, 1.54) is 0 Å². The largest absolute Gasteiger partial charge is 0.478 e. The third kappa shape index (κ3) is 7.75. The summed E-state index contributed by atoms with van der Waals surface area (Å²) in [7, 11) is 0. The Bertz CT molecular complexity index is 821. The first kappa shape index (κ1) is 21.5. The number of carboxylic acids is 2. The number of amides is 1. The van der Waals surface area contributed by atoms with Crippen LogP contribution in [0.15, 0.2) is 55.1 Å². The number of hydrogen-bond acceptors (Lipinski definition) is 7. The molecule has 0 radical (unpaired) electrons. The molecule has 2 N–H and O–H groups in total. The Balaban J connectivity index is 0.000000321. The first-order valence-corrected chi connectivity index (χ1v) is 8.78. The summed E-state index contributed by atoms with van der Waals surface area (Å²) in [6.45, 7) is 2.94. The van der Waals surface area contributed by atoms with Crippen LogP contribution < -0.4 is 4.90 Å². The third-order valence-electron chi connectivity index (χ3n) is 3.91. The van der Waals surface area contributed by atoms with Crippen LogP contribution in [0.2, 0.25) is 0 Å². The molecule has 1 amide bonds. The van der Waals surface area contributed by atoms with Crippen LogP contribution >= 0.6 is 0 Å². The summed E-state index contributed by atoms with van der Waals surface area (Å²) < 4.78 is 0. The van der Waals surface area contributed by atoms with Gasteiger partial charge in [-0.25, -0.2) is 19.6 Å². The lowest BCUT2D eigenvalue weighted by atomic mass is 10.2. The van der Waals surface area contributed by atoms with Crippen LogP contribution in [0, 0.1) is 0 Å². The van der Waals surface area contributed by atoms with Crippen molar-refractivity contribution in [2.24, 2.45) is 0 Å². The van der Waals surface area contributed by atoms with Gasteiger partial charge in [0.15, 0.2) is 0 Å². The molecule has 0 atom stereocenters. The molecule has 0 bridgehead atoms. The zero-order valence-electron chi connectivity index (χ0n) is 15.6. The number of carboxylic acid groups (broad SMARTS) is 2. The molecule has 3 rings (SSSR count). The highest BCUT2D eigenvalue weighted by molar-refractivity contribution is 5.89. The zero-order valence-corrected chi connectivity index (χ0v) is 15.6. The highest BCUT2D eigenvalue weighted by Gasteiger charge is 2.22. The molecule has 0 aromatic carbocycles. The number of carbonyl (C=O) groups excluding carboxylic acids is 1. The minimum atomic E-state index is -1.26. The van der Waals surface area contributed by atoms with Gasteiger partial charge in [-0.05, 0) is 17.7 Å². The van der Waals surface area contributed by atoms with Crippen LogP contribution in [0.1, 0.15) is 5.56 Å². The third-order valence-corrected chi connectivity index (χ3v) is 3.91. The number of hydrogen-bond donors (Lipinski definition) is 2. The van der Waals surface area contributed by atoms with Crippen molar-refractivity contribution in [3.05, 3.63) is 60.7 Å². The average Bonchev–Trinajstić information content (AvgIpc) is 2.74. The molecule has 0 saturated carbocycles. The van der Waals surface area contributed by atoms with Crippen LogP contribution in [0.3, 0.4) is 0 Å². The summed E-state index contributed by atoms with van der Waals surface area (Å²) in [6.07, 6.45) is 8.46. The van der Waals surface area contributed by atoms with Crippen LogP contribution in [0.4, 0.5) is 5.95 Å². The molecule has 152 valence electrons. The van der Waals surface area contributed by atoms with Crippen LogP contribution in [0.5, 0.6) is 0 Å². The van der Waals surface area contributed by atoms with Crippen molar-refractivity contribution in [1.82, 2.24) is 19.9 Å². The van der Waals surface area contributed by atoms with E-state index in [0.717, 1.165) is 24.6 Å². The van der Waals surface area contributed by atoms with E-state index in [-0.39, 0.29) is 5.91 Å². The first-order chi connectivity index (χ1) is 14.0. The van der Waals surface area contributed by atoms with Crippen molar-refractivity contribution in [1.29, 1.82) is 0 Å². The van der Waals surface area contributed by atoms with Crippen molar-refractivity contribution < 1.29 is 24.6 Å². The minimum absolute atomic E-state index is 0.150. The smallest absolute Gasteiger partial charge is 0.328 e. The van der Waals surface area contributed by atoms with Gasteiger partial charge in [0, 0.05) is 63.1 Å². The van der Waals surface area contributed by atoms with E-state index in [0.29, 0.717) is 31.7 Å². The summed E-state index contributed by atoms with van der Waals surface area (Å²) in [5, 5.41) is 15.6. The maximum absolute atomic E-state index is 12.3. The van der Waals surface area contributed by atoms with Gasteiger partial charge in [-0.3, -0.25) is 9.78 Å². The molecule has 2 aromatic heterocycles. The number of pyridine rings is 1. The molecular weight excluding hydrogens is 378 g/mol. The second-order valence-electron chi connectivity index (χ2n) is 5.96. The van der Waals surface area contributed by atoms with Crippen molar-refractivity contribution in [2.45, 2.75) is 6.42 Å². The summed E-state index contributed by atoms with van der Waals surface area (Å²) in [6, 6.07) is 5.59. The second kappa shape index (κ2) is 11.1. The van der Waals surface area contributed by atoms with Gasteiger partial charge < -0.3 is 20.0 Å². The maximum Gasteiger partial charge on any atom is 0.328 e. The van der Waals surface area contributed by atoms with Gasteiger partial charge in [0.05, 0.1) is 6.42 Å². The van der Waals surface area contributed by atoms with E-state index in [9.17, 15) is 14.4 Å². The molecular formula is C19H21N5O5. The lowest BCUT2D eigenvalue weighted by Crippen LogP contribution is -2.49. The number of aliphatic carboxylic acids is 2. The molecule has 10 heteroatoms. The van der Waals surface area contributed by atoms with Gasteiger partial charge in [-0.15, -0.1) is 0 Å². The van der Waals surface area contributed by atoms with E-state index >= 15 is 0 Å². The Labute approximate surface area is 167 Å². The topological polar surface area (TPSA) is 137 Å². The summed E-state index contributed by atoms with van der Waals surface area (Å²) >= 11 is 0. The first-order valence-electron chi connectivity index (χ1n) is 8.78. The van der Waals surface area contributed by atoms with E-state index in [4.69, 9.17) is 10.2 Å².